The Labute approximate surface area is 316 Å². The molecule has 0 atom stereocenters. The second-order valence-electron chi connectivity index (χ2n) is 9.80. The molecule has 0 aliphatic carbocycles. The maximum Gasteiger partial charge on any atom is 1.00 e. The molecule has 0 spiro atoms. The summed E-state index contributed by atoms with van der Waals surface area (Å²) in [6.45, 7) is 3.46. The Bertz CT molecular complexity index is 2030. The summed E-state index contributed by atoms with van der Waals surface area (Å²) in [5.41, 5.74) is 2.65. The van der Waals surface area contributed by atoms with Crippen LogP contribution in [0.4, 0.5) is 22.7 Å². The minimum atomic E-state index is -0.341. The van der Waals surface area contributed by atoms with Crippen molar-refractivity contribution < 1.29 is 57.1 Å². The third kappa shape index (κ3) is 9.03. The molecule has 0 amide bonds. The van der Waals surface area contributed by atoms with Gasteiger partial charge in [-0.1, -0.05) is 71.4 Å². The minimum absolute atomic E-state index is 0. The van der Waals surface area contributed by atoms with E-state index in [0.717, 1.165) is 0 Å². The van der Waals surface area contributed by atoms with Crippen molar-refractivity contribution in [2.24, 2.45) is 20.5 Å². The van der Waals surface area contributed by atoms with E-state index in [0.29, 0.717) is 38.5 Å². The number of halogens is 2. The van der Waals surface area contributed by atoms with Gasteiger partial charge in [0, 0.05) is 33.5 Å². The quantitative estimate of drug-likeness (QED) is 0.145. The summed E-state index contributed by atoms with van der Waals surface area (Å²) in [6, 6.07) is 27.2. The van der Waals surface area contributed by atoms with Crippen LogP contribution in [0, 0.1) is 13.8 Å². The molecule has 6 aromatic rings. The molecule has 48 heavy (non-hydrogen) atoms. The Morgan fingerprint density at radius 2 is 1.06 bits per heavy atom. The van der Waals surface area contributed by atoms with Crippen molar-refractivity contribution >= 4 is 46.0 Å². The zero-order valence-electron chi connectivity index (χ0n) is 25.8. The number of rotatable bonds is 6. The summed E-state index contributed by atoms with van der Waals surface area (Å²) in [5, 5.41) is 42.0. The van der Waals surface area contributed by atoms with E-state index in [4.69, 9.17) is 28.3 Å². The Morgan fingerprint density at radius 1 is 0.646 bits per heavy atom. The van der Waals surface area contributed by atoms with Gasteiger partial charge in [0.1, 0.15) is 0 Å². The van der Waals surface area contributed by atoms with Crippen LogP contribution in [0.1, 0.15) is 11.4 Å². The number of aryl methyl sites for hydroxylation is 2. The Balaban J connectivity index is 0.000000250. The van der Waals surface area contributed by atoms with Crippen molar-refractivity contribution in [2.45, 2.75) is 13.8 Å². The van der Waals surface area contributed by atoms with Gasteiger partial charge in [-0.05, 0) is 62.4 Å². The number of benzene rings is 4. The van der Waals surface area contributed by atoms with Crippen LogP contribution in [0.5, 0.6) is 11.5 Å². The molecule has 2 aromatic heterocycles. The number of hydrogen-bond donors (Lipinski definition) is 2. The number of aromatic amines is 2. The predicted octanol–water partition coefficient (Wildman–Crippen LogP) is 4.60. The van der Waals surface area contributed by atoms with Gasteiger partial charge in [-0.15, -0.1) is 15.3 Å². The Morgan fingerprint density at radius 3 is 1.54 bits per heavy atom. The third-order valence-corrected chi connectivity index (χ3v) is 6.98. The van der Waals surface area contributed by atoms with E-state index in [1.54, 1.807) is 32.0 Å². The molecule has 0 bridgehead atoms. The van der Waals surface area contributed by atoms with Gasteiger partial charge in [0.25, 0.3) is 16.9 Å². The first-order valence-electron chi connectivity index (χ1n) is 13.7. The number of para-hydroxylation sites is 2. The van der Waals surface area contributed by atoms with Gasteiger partial charge >= 0.3 is 29.6 Å². The van der Waals surface area contributed by atoms with Crippen LogP contribution in [0.2, 0.25) is 10.0 Å². The van der Waals surface area contributed by atoms with Crippen LogP contribution in [0.15, 0.2) is 127 Å². The van der Waals surface area contributed by atoms with Gasteiger partial charge in [0.05, 0.1) is 28.5 Å². The molecule has 0 aliphatic rings. The van der Waals surface area contributed by atoms with Crippen LogP contribution in [-0.2, 0) is 17.4 Å². The molecule has 2 heterocycles. The van der Waals surface area contributed by atoms with Crippen molar-refractivity contribution in [1.29, 1.82) is 0 Å². The monoisotopic (exact) mass is 731 g/mol. The van der Waals surface area contributed by atoms with Gasteiger partial charge in [-0.2, -0.15) is 5.11 Å². The van der Waals surface area contributed by atoms with Crippen molar-refractivity contribution in [3.63, 3.8) is 0 Å². The fourth-order valence-electron chi connectivity index (χ4n) is 4.19. The van der Waals surface area contributed by atoms with Gasteiger partial charge in [-0.25, -0.2) is 9.36 Å². The number of hydrogen-bond acceptors (Lipinski definition) is 7. The van der Waals surface area contributed by atoms with Crippen LogP contribution < -0.4 is 45.8 Å². The summed E-state index contributed by atoms with van der Waals surface area (Å²) in [5.74, 6) is -0.121. The first-order chi connectivity index (χ1) is 22.1. The number of azo groups is 2. The largest absolute Gasteiger partial charge is 1.00 e. The van der Waals surface area contributed by atoms with Crippen LogP contribution >= 0.6 is 23.2 Å². The van der Waals surface area contributed by atoms with E-state index in [1.807, 2.05) is 48.5 Å². The fourth-order valence-corrected chi connectivity index (χ4v) is 4.53. The summed E-state index contributed by atoms with van der Waals surface area (Å²) in [7, 11) is 0. The number of aromatic nitrogens is 4. The van der Waals surface area contributed by atoms with Gasteiger partial charge < -0.3 is 10.2 Å². The SMILES string of the molecule is Cc1[nH]n(-c2ccccc2)c(=O)c1N=Nc1cc(Cl)ccc1[O-].Cc1[nH]n(-c2ccccc2)c(=O)c1N=Nc1cc(Cl)ccc1[OH2+].[Cr].[Na+]. The molecule has 0 fully saturated rings. The smallest absolute Gasteiger partial charge is 0.871 e. The molecule has 0 saturated carbocycles. The van der Waals surface area contributed by atoms with Gasteiger partial charge in [-0.3, -0.25) is 19.8 Å². The summed E-state index contributed by atoms with van der Waals surface area (Å²) < 4.78 is 2.78. The average molecular weight is 733 g/mol. The van der Waals surface area contributed by atoms with Gasteiger partial charge in [0.2, 0.25) is 0 Å². The molecule has 0 radical (unpaired) electrons. The van der Waals surface area contributed by atoms with Crippen LogP contribution in [0.3, 0.4) is 0 Å². The summed E-state index contributed by atoms with van der Waals surface area (Å²) in [4.78, 5) is 24.9. The van der Waals surface area contributed by atoms with E-state index >= 15 is 0 Å². The van der Waals surface area contributed by atoms with Crippen molar-refractivity contribution in [2.75, 3.05) is 0 Å². The van der Waals surface area contributed by atoms with Crippen molar-refractivity contribution in [3.05, 3.63) is 139 Å². The van der Waals surface area contributed by atoms with Gasteiger partial charge in [0.15, 0.2) is 17.1 Å². The molecule has 16 heteroatoms. The number of H-pyrrole nitrogens is 2. The molecule has 0 saturated heterocycles. The van der Waals surface area contributed by atoms with E-state index in [2.05, 4.69) is 30.7 Å². The fraction of sp³-hybridized carbons (Fsp3) is 0.0625. The van der Waals surface area contributed by atoms with E-state index in [1.165, 1.54) is 39.7 Å². The summed E-state index contributed by atoms with van der Waals surface area (Å²) in [6.07, 6.45) is 0. The van der Waals surface area contributed by atoms with E-state index < -0.39 is 0 Å². The zero-order chi connectivity index (χ0) is 32.8. The molecule has 238 valence electrons. The van der Waals surface area contributed by atoms with Crippen molar-refractivity contribution in [1.82, 2.24) is 19.6 Å². The normalized spacial score (nSPS) is 10.8. The molecule has 12 nitrogen and oxygen atoms in total. The first-order valence-corrected chi connectivity index (χ1v) is 14.4. The standard InChI is InChI=1S/2C16H13ClN4O2.Cr.Na/c2*1-10-15(19-18-13-9-11(17)7-8-14(13)22)16(23)21(20-10)12-5-3-2-4-6-12;;/h2*2-9,20,22H,1H3;;/q;;;+1. The number of nitrogens with one attached hydrogen (secondary N) is 2. The Kier molecular flexibility index (Phi) is 13.8. The molecular formula is C32H26Cl2CrN8NaO4+. The molecule has 6 rings (SSSR count). The molecule has 0 aliphatic heterocycles. The molecule has 4 aromatic carbocycles. The molecule has 4 N–H and O–H groups in total. The van der Waals surface area contributed by atoms with E-state index in [-0.39, 0.29) is 86.6 Å². The topological polar surface area (TPSA) is 171 Å². The van der Waals surface area contributed by atoms with Crippen LogP contribution in [-0.4, -0.2) is 24.7 Å². The Hall–Kier alpha value is -4.19. The molecular weight excluding hydrogens is 706 g/mol. The molecule has 0 unspecified atom stereocenters. The third-order valence-electron chi connectivity index (χ3n) is 6.51. The second-order valence-corrected chi connectivity index (χ2v) is 10.7. The first kappa shape index (κ1) is 38.3. The predicted molar refractivity (Wildman–Crippen MR) is 176 cm³/mol. The minimum Gasteiger partial charge on any atom is -0.871 e. The maximum atomic E-state index is 12.5. The number of nitrogens with zero attached hydrogens (tertiary/aromatic N) is 6. The van der Waals surface area contributed by atoms with Crippen LogP contribution in [0.25, 0.3) is 11.4 Å². The second kappa shape index (κ2) is 17.3. The maximum absolute atomic E-state index is 12.5. The zero-order valence-corrected chi connectivity index (χ0v) is 30.6. The average Bonchev–Trinajstić information content (AvgIpc) is 3.51. The van der Waals surface area contributed by atoms with E-state index in [9.17, 15) is 14.7 Å². The van der Waals surface area contributed by atoms with Crippen molar-refractivity contribution in [3.8, 4) is 22.9 Å². The summed E-state index contributed by atoms with van der Waals surface area (Å²) >= 11 is 11.7.